The van der Waals surface area contributed by atoms with Crippen LogP contribution in [0.15, 0.2) is 34.6 Å². The lowest BCUT2D eigenvalue weighted by Gasteiger charge is -2.44. The second-order valence-electron chi connectivity index (χ2n) is 7.00. The summed E-state index contributed by atoms with van der Waals surface area (Å²) in [7, 11) is 0. The first-order valence-electron chi connectivity index (χ1n) is 7.92. The Morgan fingerprint density at radius 1 is 1.32 bits per heavy atom. The van der Waals surface area contributed by atoms with E-state index in [1.165, 1.54) is 6.08 Å². The third-order valence-corrected chi connectivity index (χ3v) is 5.01. The molecule has 0 spiro atoms. The quantitative estimate of drug-likeness (QED) is 0.643. The molecule has 0 saturated carbocycles. The fourth-order valence-corrected chi connectivity index (χ4v) is 3.68. The van der Waals surface area contributed by atoms with Gasteiger partial charge in [-0.25, -0.2) is 0 Å². The summed E-state index contributed by atoms with van der Waals surface area (Å²) < 4.78 is 5.59. The van der Waals surface area contributed by atoms with Crippen molar-refractivity contribution >= 4 is 11.6 Å². The molecule has 0 aromatic rings. The minimum Gasteiger partial charge on any atom is -0.489 e. The molecule has 1 heterocycles. The Labute approximate surface area is 130 Å². The number of carbonyl (C=O) groups excluding carboxylic acids is 2. The molecule has 0 aromatic carbocycles. The van der Waals surface area contributed by atoms with Crippen molar-refractivity contribution in [2.45, 2.75) is 52.1 Å². The normalized spacial score (nSPS) is 34.0. The van der Waals surface area contributed by atoms with Gasteiger partial charge in [-0.2, -0.15) is 0 Å². The zero-order chi connectivity index (χ0) is 16.1. The van der Waals surface area contributed by atoms with Crippen LogP contribution in [0.2, 0.25) is 0 Å². The number of ether oxygens (including phenoxy) is 1. The first-order chi connectivity index (χ1) is 10.3. The number of rotatable bonds is 3. The Kier molecular flexibility index (Phi) is 3.40. The highest BCUT2D eigenvalue weighted by Gasteiger charge is 2.49. The Morgan fingerprint density at radius 2 is 2.05 bits per heavy atom. The predicted octanol–water partition coefficient (Wildman–Crippen LogP) is 2.63. The highest BCUT2D eigenvalue weighted by Crippen LogP contribution is 2.51. The fraction of sp³-hybridized carbons (Fsp3) is 0.556. The molecular formula is C18H22O4. The third kappa shape index (κ3) is 2.09. The maximum atomic E-state index is 12.6. The van der Waals surface area contributed by atoms with Gasteiger partial charge in [0.05, 0.1) is 0 Å². The molecule has 3 rings (SSSR count). The van der Waals surface area contributed by atoms with E-state index in [0.717, 1.165) is 24.8 Å². The van der Waals surface area contributed by atoms with Crippen LogP contribution in [0.25, 0.3) is 0 Å². The number of hydrogen-bond acceptors (Lipinski definition) is 4. The number of aliphatic hydroxyl groups is 1. The van der Waals surface area contributed by atoms with Gasteiger partial charge in [-0.3, -0.25) is 9.59 Å². The molecular weight excluding hydrogens is 280 g/mol. The number of Topliss-reactive ketones (excluding diaryl/α,β-unsaturated/α-hetero) is 1. The monoisotopic (exact) mass is 302 g/mol. The highest BCUT2D eigenvalue weighted by molar-refractivity contribution is 6.49. The zero-order valence-electron chi connectivity index (χ0n) is 13.4. The molecule has 2 atom stereocenters. The van der Waals surface area contributed by atoms with E-state index in [4.69, 9.17) is 4.74 Å². The summed E-state index contributed by atoms with van der Waals surface area (Å²) >= 11 is 0. The molecule has 1 fully saturated rings. The van der Waals surface area contributed by atoms with Crippen LogP contribution in [-0.4, -0.2) is 28.9 Å². The Hall–Kier alpha value is -1.68. The van der Waals surface area contributed by atoms with Gasteiger partial charge in [0, 0.05) is 22.6 Å². The van der Waals surface area contributed by atoms with Crippen LogP contribution in [0, 0.1) is 5.41 Å². The smallest absolute Gasteiger partial charge is 0.230 e. The molecule has 1 saturated heterocycles. The van der Waals surface area contributed by atoms with Crippen molar-refractivity contribution in [1.29, 1.82) is 0 Å². The molecule has 3 aliphatic rings. The van der Waals surface area contributed by atoms with Gasteiger partial charge >= 0.3 is 0 Å². The number of unbranched alkanes of at least 4 members (excludes halogenated alkanes) is 1. The first kappa shape index (κ1) is 15.2. The molecule has 0 bridgehead atoms. The summed E-state index contributed by atoms with van der Waals surface area (Å²) in [5, 5.41) is 10.6. The molecule has 1 aliphatic heterocycles. The Bertz CT molecular complexity index is 648. The van der Waals surface area contributed by atoms with E-state index in [0.29, 0.717) is 23.3 Å². The largest absolute Gasteiger partial charge is 0.489 e. The molecule has 4 nitrogen and oxygen atoms in total. The second kappa shape index (κ2) is 4.92. The van der Waals surface area contributed by atoms with Gasteiger partial charge in [0.2, 0.25) is 11.6 Å². The van der Waals surface area contributed by atoms with Gasteiger partial charge in [0.1, 0.15) is 18.0 Å². The minimum atomic E-state index is -1.12. The van der Waals surface area contributed by atoms with Crippen molar-refractivity contribution in [1.82, 2.24) is 0 Å². The van der Waals surface area contributed by atoms with Crippen molar-refractivity contribution in [3.63, 3.8) is 0 Å². The molecule has 22 heavy (non-hydrogen) atoms. The van der Waals surface area contributed by atoms with Gasteiger partial charge in [-0.15, -0.1) is 0 Å². The van der Waals surface area contributed by atoms with Crippen LogP contribution >= 0.6 is 0 Å². The van der Waals surface area contributed by atoms with Gasteiger partial charge in [-0.1, -0.05) is 32.8 Å². The molecule has 2 unspecified atom stereocenters. The second-order valence-corrected chi connectivity index (χ2v) is 7.00. The third-order valence-electron chi connectivity index (χ3n) is 5.01. The minimum absolute atomic E-state index is 0.106. The summed E-state index contributed by atoms with van der Waals surface area (Å²) in [6.45, 7) is 5.94. The van der Waals surface area contributed by atoms with Crippen LogP contribution in [0.4, 0.5) is 0 Å². The van der Waals surface area contributed by atoms with Gasteiger partial charge < -0.3 is 9.84 Å². The molecule has 0 aromatic heterocycles. The molecule has 0 amide bonds. The van der Waals surface area contributed by atoms with Crippen LogP contribution < -0.4 is 0 Å². The van der Waals surface area contributed by atoms with Crippen molar-refractivity contribution in [3.8, 4) is 0 Å². The van der Waals surface area contributed by atoms with Crippen LogP contribution in [0.1, 0.15) is 46.5 Å². The maximum Gasteiger partial charge on any atom is 0.230 e. The number of allylic oxidation sites excluding steroid dienone is 4. The Morgan fingerprint density at radius 3 is 2.73 bits per heavy atom. The van der Waals surface area contributed by atoms with E-state index < -0.39 is 17.2 Å². The summed E-state index contributed by atoms with van der Waals surface area (Å²) in [5.41, 5.74) is 0.448. The van der Waals surface area contributed by atoms with Crippen molar-refractivity contribution in [2.75, 3.05) is 6.61 Å². The summed E-state index contributed by atoms with van der Waals surface area (Å²) in [5.74, 6) is -0.511. The lowest BCUT2D eigenvalue weighted by molar-refractivity contribution is -0.132. The molecule has 1 N–H and O–H groups in total. The number of carbonyl (C=O) groups is 2. The maximum absolute atomic E-state index is 12.6. The van der Waals surface area contributed by atoms with Crippen molar-refractivity contribution in [3.05, 3.63) is 34.6 Å². The van der Waals surface area contributed by atoms with Crippen molar-refractivity contribution in [2.24, 2.45) is 5.41 Å². The highest BCUT2D eigenvalue weighted by atomic mass is 16.5. The SMILES string of the molecule is CCCCC1(C)CC=C2C3=C1C(=O)C(=O)C=C3OCC2(C)O. The van der Waals surface area contributed by atoms with E-state index in [9.17, 15) is 14.7 Å². The predicted molar refractivity (Wildman–Crippen MR) is 82.0 cm³/mol. The van der Waals surface area contributed by atoms with E-state index in [1.54, 1.807) is 6.92 Å². The van der Waals surface area contributed by atoms with Crippen LogP contribution in [-0.2, 0) is 14.3 Å². The van der Waals surface area contributed by atoms with E-state index in [2.05, 4.69) is 6.92 Å². The molecule has 4 heteroatoms. The lowest BCUT2D eigenvalue weighted by Crippen LogP contribution is -2.45. The van der Waals surface area contributed by atoms with Gasteiger partial charge in [0.25, 0.3) is 0 Å². The summed E-state index contributed by atoms with van der Waals surface area (Å²) in [6, 6.07) is 0. The van der Waals surface area contributed by atoms with E-state index in [-0.39, 0.29) is 12.0 Å². The Balaban J connectivity index is 2.18. The number of hydrogen-bond donors (Lipinski definition) is 1. The topological polar surface area (TPSA) is 63.6 Å². The van der Waals surface area contributed by atoms with E-state index in [1.807, 2.05) is 13.0 Å². The zero-order valence-corrected chi connectivity index (χ0v) is 13.4. The van der Waals surface area contributed by atoms with Gasteiger partial charge in [0.15, 0.2) is 0 Å². The average Bonchev–Trinajstić information content (AvgIpc) is 2.46. The number of ketones is 2. The fourth-order valence-electron chi connectivity index (χ4n) is 3.68. The first-order valence-corrected chi connectivity index (χ1v) is 7.92. The molecule has 2 aliphatic carbocycles. The molecule has 0 radical (unpaired) electrons. The van der Waals surface area contributed by atoms with Crippen molar-refractivity contribution < 1.29 is 19.4 Å². The standard InChI is InChI=1S/C18H22O4/c1-4-5-7-17(2)8-6-11-14-13(22-10-18(11,3)21)9-12(19)16(20)15(14)17/h6,9,21H,4-5,7-8,10H2,1-3H3. The lowest BCUT2D eigenvalue weighted by atomic mass is 9.63. The van der Waals surface area contributed by atoms with Crippen LogP contribution in [0.3, 0.4) is 0 Å². The van der Waals surface area contributed by atoms with E-state index >= 15 is 0 Å². The summed E-state index contributed by atoms with van der Waals surface area (Å²) in [6.07, 6.45) is 6.84. The summed E-state index contributed by atoms with van der Waals surface area (Å²) in [4.78, 5) is 24.6. The average molecular weight is 302 g/mol. The molecule has 118 valence electrons. The van der Waals surface area contributed by atoms with Crippen LogP contribution in [0.5, 0.6) is 0 Å². The van der Waals surface area contributed by atoms with Gasteiger partial charge in [-0.05, 0) is 25.3 Å².